The van der Waals surface area contributed by atoms with E-state index in [1.165, 1.54) is 25.0 Å². The van der Waals surface area contributed by atoms with Crippen molar-refractivity contribution in [1.29, 1.82) is 0 Å². The van der Waals surface area contributed by atoms with Crippen LogP contribution in [-0.4, -0.2) is 6.54 Å². The highest BCUT2D eigenvalue weighted by Crippen LogP contribution is 2.27. The van der Waals surface area contributed by atoms with E-state index >= 15 is 0 Å². The molecule has 2 nitrogen and oxygen atoms in total. The maximum atomic E-state index is 13.0. The number of furan rings is 1. The summed E-state index contributed by atoms with van der Waals surface area (Å²) in [5.41, 5.74) is 0.754. The van der Waals surface area contributed by atoms with E-state index in [4.69, 9.17) is 4.42 Å². The summed E-state index contributed by atoms with van der Waals surface area (Å²) in [7, 11) is 0. The molecule has 16 heavy (non-hydrogen) atoms. The lowest BCUT2D eigenvalue weighted by Crippen LogP contribution is -2.15. The predicted octanol–water partition coefficient (Wildman–Crippen LogP) is 3.07. The number of halogens is 1. The lowest BCUT2D eigenvalue weighted by atomic mass is 10.2. The van der Waals surface area contributed by atoms with Gasteiger partial charge in [-0.15, -0.1) is 0 Å². The minimum atomic E-state index is -0.217. The average molecular weight is 219 g/mol. The second-order valence-corrected chi connectivity index (χ2v) is 4.47. The average Bonchev–Trinajstić information content (AvgIpc) is 2.98. The van der Waals surface area contributed by atoms with Crippen LogP contribution in [0.25, 0.3) is 11.0 Å². The molecule has 0 amide bonds. The van der Waals surface area contributed by atoms with E-state index in [1.54, 1.807) is 6.07 Å². The molecular weight excluding hydrogens is 205 g/mol. The molecule has 1 aromatic carbocycles. The predicted molar refractivity (Wildman–Crippen MR) is 60.6 cm³/mol. The van der Waals surface area contributed by atoms with Crippen LogP contribution < -0.4 is 5.32 Å². The number of fused-ring (bicyclic) bond motifs is 1. The highest BCUT2D eigenvalue weighted by molar-refractivity contribution is 5.77. The van der Waals surface area contributed by atoms with Crippen molar-refractivity contribution >= 4 is 11.0 Å². The minimum absolute atomic E-state index is 0.217. The van der Waals surface area contributed by atoms with Crippen molar-refractivity contribution in [2.24, 2.45) is 5.92 Å². The summed E-state index contributed by atoms with van der Waals surface area (Å²) >= 11 is 0. The summed E-state index contributed by atoms with van der Waals surface area (Å²) in [5.74, 6) is 1.52. The van der Waals surface area contributed by atoms with E-state index in [2.05, 4.69) is 5.32 Å². The number of hydrogen-bond donors (Lipinski definition) is 1. The van der Waals surface area contributed by atoms with Crippen LogP contribution in [-0.2, 0) is 6.54 Å². The van der Waals surface area contributed by atoms with Gasteiger partial charge in [-0.2, -0.15) is 0 Å². The van der Waals surface area contributed by atoms with Gasteiger partial charge in [0.05, 0.1) is 6.54 Å². The molecule has 1 aliphatic carbocycles. The van der Waals surface area contributed by atoms with Crippen LogP contribution in [0, 0.1) is 11.7 Å². The van der Waals surface area contributed by atoms with Gasteiger partial charge in [0, 0.05) is 5.39 Å². The Morgan fingerprint density at radius 3 is 3.00 bits per heavy atom. The third-order valence-electron chi connectivity index (χ3n) is 2.96. The summed E-state index contributed by atoms with van der Waals surface area (Å²) in [6.07, 6.45) is 2.69. The van der Waals surface area contributed by atoms with E-state index in [1.807, 2.05) is 6.07 Å². The first-order valence-electron chi connectivity index (χ1n) is 5.70. The number of rotatable bonds is 4. The SMILES string of the molecule is Fc1ccc2oc(CNCC3CC3)cc2c1. The fourth-order valence-corrected chi connectivity index (χ4v) is 1.88. The Labute approximate surface area is 93.4 Å². The summed E-state index contributed by atoms with van der Waals surface area (Å²) in [5, 5.41) is 4.19. The monoisotopic (exact) mass is 219 g/mol. The molecule has 0 bridgehead atoms. The van der Waals surface area contributed by atoms with Crippen molar-refractivity contribution in [1.82, 2.24) is 5.32 Å². The molecule has 84 valence electrons. The van der Waals surface area contributed by atoms with Crippen molar-refractivity contribution < 1.29 is 8.81 Å². The zero-order chi connectivity index (χ0) is 11.0. The van der Waals surface area contributed by atoms with Gasteiger partial charge in [-0.3, -0.25) is 0 Å². The summed E-state index contributed by atoms with van der Waals surface area (Å²) in [6, 6.07) is 6.50. The Kier molecular flexibility index (Phi) is 2.40. The van der Waals surface area contributed by atoms with Gasteiger partial charge in [-0.1, -0.05) is 0 Å². The Morgan fingerprint density at radius 2 is 2.19 bits per heavy atom. The maximum absolute atomic E-state index is 13.0. The molecule has 0 saturated heterocycles. The van der Waals surface area contributed by atoms with Gasteiger partial charge in [0.1, 0.15) is 17.2 Å². The first-order chi connectivity index (χ1) is 7.81. The van der Waals surface area contributed by atoms with E-state index in [0.29, 0.717) is 0 Å². The van der Waals surface area contributed by atoms with Gasteiger partial charge in [0.2, 0.25) is 0 Å². The van der Waals surface area contributed by atoms with Crippen LogP contribution >= 0.6 is 0 Å². The molecule has 1 N–H and O–H groups in total. The summed E-state index contributed by atoms with van der Waals surface area (Å²) < 4.78 is 18.6. The van der Waals surface area contributed by atoms with Crippen LogP contribution in [0.2, 0.25) is 0 Å². The smallest absolute Gasteiger partial charge is 0.134 e. The number of hydrogen-bond acceptors (Lipinski definition) is 2. The quantitative estimate of drug-likeness (QED) is 0.854. The molecule has 2 aromatic rings. The minimum Gasteiger partial charge on any atom is -0.460 e. The van der Waals surface area contributed by atoms with E-state index in [-0.39, 0.29) is 5.82 Å². The topological polar surface area (TPSA) is 25.2 Å². The van der Waals surface area contributed by atoms with E-state index < -0.39 is 0 Å². The molecule has 0 spiro atoms. The molecule has 1 aromatic heterocycles. The van der Waals surface area contributed by atoms with Crippen LogP contribution in [0.15, 0.2) is 28.7 Å². The first-order valence-corrected chi connectivity index (χ1v) is 5.70. The highest BCUT2D eigenvalue weighted by Gasteiger charge is 2.20. The Hall–Kier alpha value is -1.35. The van der Waals surface area contributed by atoms with Crippen molar-refractivity contribution in [2.75, 3.05) is 6.54 Å². The van der Waals surface area contributed by atoms with Gasteiger partial charge < -0.3 is 9.73 Å². The Morgan fingerprint density at radius 1 is 1.31 bits per heavy atom. The van der Waals surface area contributed by atoms with Gasteiger partial charge in [0.25, 0.3) is 0 Å². The number of benzene rings is 1. The normalized spacial score (nSPS) is 15.8. The van der Waals surface area contributed by atoms with Crippen molar-refractivity contribution in [3.63, 3.8) is 0 Å². The van der Waals surface area contributed by atoms with Crippen molar-refractivity contribution in [3.05, 3.63) is 35.8 Å². The second kappa shape index (κ2) is 3.91. The third-order valence-corrected chi connectivity index (χ3v) is 2.96. The first kappa shape index (κ1) is 9.85. The van der Waals surface area contributed by atoms with E-state index in [9.17, 15) is 4.39 Å². The molecule has 0 radical (unpaired) electrons. The molecule has 3 heteroatoms. The van der Waals surface area contributed by atoms with Crippen molar-refractivity contribution in [2.45, 2.75) is 19.4 Å². The summed E-state index contributed by atoms with van der Waals surface area (Å²) in [4.78, 5) is 0. The molecule has 0 atom stereocenters. The molecule has 0 unspecified atom stereocenters. The zero-order valence-electron chi connectivity index (χ0n) is 9.00. The Balaban J connectivity index is 1.71. The maximum Gasteiger partial charge on any atom is 0.134 e. The number of nitrogens with one attached hydrogen (secondary N) is 1. The van der Waals surface area contributed by atoms with Crippen LogP contribution in [0.3, 0.4) is 0 Å². The van der Waals surface area contributed by atoms with Crippen LogP contribution in [0.4, 0.5) is 4.39 Å². The zero-order valence-corrected chi connectivity index (χ0v) is 9.00. The van der Waals surface area contributed by atoms with Gasteiger partial charge in [-0.25, -0.2) is 4.39 Å². The lowest BCUT2D eigenvalue weighted by molar-refractivity contribution is 0.506. The van der Waals surface area contributed by atoms with Crippen LogP contribution in [0.1, 0.15) is 18.6 Å². The molecular formula is C13H14FNO. The molecule has 1 heterocycles. The molecule has 0 aliphatic heterocycles. The van der Waals surface area contributed by atoms with Gasteiger partial charge in [-0.05, 0) is 49.6 Å². The van der Waals surface area contributed by atoms with E-state index in [0.717, 1.165) is 35.7 Å². The van der Waals surface area contributed by atoms with Crippen LogP contribution in [0.5, 0.6) is 0 Å². The largest absolute Gasteiger partial charge is 0.460 e. The molecule has 1 saturated carbocycles. The molecule has 1 aliphatic rings. The van der Waals surface area contributed by atoms with Crippen molar-refractivity contribution in [3.8, 4) is 0 Å². The standard InChI is InChI=1S/C13H14FNO/c14-11-3-4-13-10(5-11)6-12(16-13)8-15-7-9-1-2-9/h3-6,9,15H,1-2,7-8H2. The second-order valence-electron chi connectivity index (χ2n) is 4.47. The van der Waals surface area contributed by atoms with Gasteiger partial charge in [0.15, 0.2) is 0 Å². The third kappa shape index (κ3) is 2.09. The molecule has 3 rings (SSSR count). The summed E-state index contributed by atoms with van der Waals surface area (Å²) in [6.45, 7) is 1.79. The fraction of sp³-hybridized carbons (Fsp3) is 0.385. The fourth-order valence-electron chi connectivity index (χ4n) is 1.88. The highest BCUT2D eigenvalue weighted by atomic mass is 19.1. The Bertz CT molecular complexity index is 502. The lowest BCUT2D eigenvalue weighted by Gasteiger charge is -1.98. The van der Waals surface area contributed by atoms with Gasteiger partial charge >= 0.3 is 0 Å². The molecule has 1 fully saturated rings.